The van der Waals surface area contributed by atoms with Crippen LogP contribution in [0.3, 0.4) is 0 Å². The molecule has 2 aliphatic heterocycles. The van der Waals surface area contributed by atoms with E-state index in [0.29, 0.717) is 48.8 Å². The molecule has 5 rings (SSSR count). The van der Waals surface area contributed by atoms with Gasteiger partial charge in [0.1, 0.15) is 17.7 Å². The molecule has 6 nitrogen and oxygen atoms in total. The number of rotatable bonds is 3. The molecule has 9 heteroatoms. The van der Waals surface area contributed by atoms with E-state index in [2.05, 4.69) is 15.3 Å². The number of carbonyl (C=O) groups excluding carboxylic acids is 1. The molecule has 170 valence electrons. The van der Waals surface area contributed by atoms with Crippen molar-refractivity contribution < 1.29 is 18.0 Å². The quantitative estimate of drug-likeness (QED) is 0.653. The van der Waals surface area contributed by atoms with Crippen LogP contribution in [-0.2, 0) is 4.79 Å². The van der Waals surface area contributed by atoms with Gasteiger partial charge in [0, 0.05) is 43.6 Å². The van der Waals surface area contributed by atoms with Crippen LogP contribution in [0, 0.1) is 17.5 Å². The molecular weight excluding hydrogens is 431 g/mol. The van der Waals surface area contributed by atoms with Crippen molar-refractivity contribution in [2.45, 2.75) is 13.0 Å². The molecular formula is C24H22F3N5O. The Morgan fingerprint density at radius 1 is 0.970 bits per heavy atom. The summed E-state index contributed by atoms with van der Waals surface area (Å²) in [6.45, 7) is 3.94. The number of nitrogens with one attached hydrogen (secondary N) is 1. The van der Waals surface area contributed by atoms with Crippen LogP contribution in [-0.4, -0.2) is 46.8 Å². The maximum absolute atomic E-state index is 14.1. The fourth-order valence-electron chi connectivity index (χ4n) is 4.46. The van der Waals surface area contributed by atoms with E-state index < -0.39 is 17.7 Å². The van der Waals surface area contributed by atoms with Crippen LogP contribution < -0.4 is 10.2 Å². The van der Waals surface area contributed by atoms with E-state index in [-0.39, 0.29) is 11.7 Å². The number of aromatic nitrogens is 2. The van der Waals surface area contributed by atoms with Gasteiger partial charge >= 0.3 is 0 Å². The number of benzene rings is 2. The molecule has 33 heavy (non-hydrogen) atoms. The van der Waals surface area contributed by atoms with Crippen molar-refractivity contribution in [3.8, 4) is 0 Å². The molecule has 1 atom stereocenters. The SMILES string of the molecule is CC1=C(C(=O)N2CCN(c3ccc(F)cc3)CC2)C(c2ccc(F)c(F)c2)n2nccc2N1. The van der Waals surface area contributed by atoms with Gasteiger partial charge in [-0.05, 0) is 48.9 Å². The molecule has 0 saturated carbocycles. The highest BCUT2D eigenvalue weighted by Crippen LogP contribution is 2.37. The van der Waals surface area contributed by atoms with E-state index in [1.807, 2.05) is 0 Å². The first-order valence-corrected chi connectivity index (χ1v) is 10.7. The molecule has 1 unspecified atom stereocenters. The number of halogens is 3. The first kappa shape index (κ1) is 21.1. The van der Waals surface area contributed by atoms with Gasteiger partial charge in [0.2, 0.25) is 0 Å². The topological polar surface area (TPSA) is 53.4 Å². The monoisotopic (exact) mass is 453 g/mol. The molecule has 1 saturated heterocycles. The maximum Gasteiger partial charge on any atom is 0.254 e. The predicted octanol–water partition coefficient (Wildman–Crippen LogP) is 3.94. The lowest BCUT2D eigenvalue weighted by molar-refractivity contribution is -0.128. The summed E-state index contributed by atoms with van der Waals surface area (Å²) in [5, 5.41) is 7.53. The third kappa shape index (κ3) is 3.83. The first-order chi connectivity index (χ1) is 15.9. The second-order valence-corrected chi connectivity index (χ2v) is 8.16. The zero-order valence-electron chi connectivity index (χ0n) is 17.9. The number of fused-ring (bicyclic) bond motifs is 1. The zero-order valence-corrected chi connectivity index (χ0v) is 17.9. The Balaban J connectivity index is 1.42. The number of carbonyl (C=O) groups is 1. The van der Waals surface area contributed by atoms with Crippen molar-refractivity contribution in [2.24, 2.45) is 0 Å². The molecule has 0 bridgehead atoms. The Morgan fingerprint density at radius 2 is 1.70 bits per heavy atom. The lowest BCUT2D eigenvalue weighted by Crippen LogP contribution is -2.50. The van der Waals surface area contributed by atoms with E-state index in [0.717, 1.165) is 17.8 Å². The normalized spacial score (nSPS) is 18.2. The summed E-state index contributed by atoms with van der Waals surface area (Å²) in [7, 11) is 0. The summed E-state index contributed by atoms with van der Waals surface area (Å²) in [6.07, 6.45) is 1.59. The minimum absolute atomic E-state index is 0.186. The minimum Gasteiger partial charge on any atom is -0.368 e. The highest BCUT2D eigenvalue weighted by atomic mass is 19.2. The van der Waals surface area contributed by atoms with Crippen LogP contribution >= 0.6 is 0 Å². The van der Waals surface area contributed by atoms with Crippen molar-refractivity contribution in [1.29, 1.82) is 0 Å². The van der Waals surface area contributed by atoms with Crippen molar-refractivity contribution in [1.82, 2.24) is 14.7 Å². The van der Waals surface area contributed by atoms with Crippen LogP contribution in [0.2, 0.25) is 0 Å². The van der Waals surface area contributed by atoms with Gasteiger partial charge in [-0.25, -0.2) is 17.9 Å². The van der Waals surface area contributed by atoms with Crippen LogP contribution in [0.1, 0.15) is 18.5 Å². The van der Waals surface area contributed by atoms with Gasteiger partial charge in [-0.3, -0.25) is 4.79 Å². The molecule has 1 N–H and O–H groups in total. The number of nitrogens with zero attached hydrogens (tertiary/aromatic N) is 4. The van der Waals surface area contributed by atoms with Gasteiger partial charge in [0.05, 0.1) is 11.8 Å². The molecule has 1 amide bonds. The molecule has 2 aliphatic rings. The third-order valence-corrected chi connectivity index (χ3v) is 6.16. The number of amides is 1. The van der Waals surface area contributed by atoms with Crippen molar-refractivity contribution in [3.05, 3.63) is 89.0 Å². The molecule has 0 radical (unpaired) electrons. The molecule has 1 fully saturated rings. The lowest BCUT2D eigenvalue weighted by atomic mass is 9.94. The third-order valence-electron chi connectivity index (χ3n) is 6.16. The summed E-state index contributed by atoms with van der Waals surface area (Å²) in [4.78, 5) is 17.5. The summed E-state index contributed by atoms with van der Waals surface area (Å²) in [5.74, 6) is -1.73. The van der Waals surface area contributed by atoms with Crippen LogP contribution in [0.15, 0.2) is 66.0 Å². The van der Waals surface area contributed by atoms with E-state index in [1.54, 1.807) is 40.9 Å². The second-order valence-electron chi connectivity index (χ2n) is 8.16. The molecule has 1 aromatic heterocycles. The van der Waals surface area contributed by atoms with Crippen molar-refractivity contribution in [2.75, 3.05) is 36.4 Å². The highest BCUT2D eigenvalue weighted by Gasteiger charge is 2.36. The fraction of sp³-hybridized carbons (Fsp3) is 0.250. The smallest absolute Gasteiger partial charge is 0.254 e. The van der Waals surface area contributed by atoms with E-state index >= 15 is 0 Å². The molecule has 2 aromatic carbocycles. The minimum atomic E-state index is -0.975. The number of anilines is 2. The van der Waals surface area contributed by atoms with Gasteiger partial charge in [-0.15, -0.1) is 0 Å². The molecule has 3 aromatic rings. The van der Waals surface area contributed by atoms with E-state index in [1.165, 1.54) is 18.2 Å². The predicted molar refractivity (Wildman–Crippen MR) is 118 cm³/mol. The van der Waals surface area contributed by atoms with E-state index in [9.17, 15) is 18.0 Å². The average molecular weight is 453 g/mol. The largest absolute Gasteiger partial charge is 0.368 e. The zero-order chi connectivity index (χ0) is 23.1. The van der Waals surface area contributed by atoms with Crippen LogP contribution in [0.4, 0.5) is 24.7 Å². The average Bonchev–Trinajstić information content (AvgIpc) is 3.28. The van der Waals surface area contributed by atoms with Gasteiger partial charge < -0.3 is 15.1 Å². The number of piperazine rings is 1. The first-order valence-electron chi connectivity index (χ1n) is 10.7. The molecule has 0 spiro atoms. The Morgan fingerprint density at radius 3 is 2.39 bits per heavy atom. The highest BCUT2D eigenvalue weighted by molar-refractivity contribution is 5.97. The summed E-state index contributed by atoms with van der Waals surface area (Å²) in [5.41, 5.74) is 2.42. The Labute approximate surface area is 188 Å². The number of hydrogen-bond donors (Lipinski definition) is 1. The van der Waals surface area contributed by atoms with Crippen molar-refractivity contribution >= 4 is 17.4 Å². The standard InChI is InChI=1S/C24H22F3N5O/c1-15-22(24(33)31-12-10-30(11-13-31)18-5-3-17(25)4-6-18)23(32-21(29-15)8-9-28-32)16-2-7-19(26)20(27)14-16/h2-9,14,23,29H,10-13H2,1H3. The van der Waals surface area contributed by atoms with Crippen LogP contribution in [0.5, 0.6) is 0 Å². The van der Waals surface area contributed by atoms with E-state index in [4.69, 9.17) is 0 Å². The summed E-state index contributed by atoms with van der Waals surface area (Å²) >= 11 is 0. The molecule has 3 heterocycles. The second kappa shape index (κ2) is 8.31. The Bertz CT molecular complexity index is 1230. The Kier molecular flexibility index (Phi) is 5.32. The number of hydrogen-bond acceptors (Lipinski definition) is 4. The molecule has 0 aliphatic carbocycles. The lowest BCUT2D eigenvalue weighted by Gasteiger charge is -2.38. The van der Waals surface area contributed by atoms with Gasteiger partial charge in [-0.1, -0.05) is 6.07 Å². The Hall–Kier alpha value is -3.75. The van der Waals surface area contributed by atoms with Gasteiger partial charge in [-0.2, -0.15) is 5.10 Å². The summed E-state index contributed by atoms with van der Waals surface area (Å²) < 4.78 is 42.5. The van der Waals surface area contributed by atoms with Gasteiger partial charge in [0.25, 0.3) is 5.91 Å². The van der Waals surface area contributed by atoms with Crippen LogP contribution in [0.25, 0.3) is 0 Å². The number of allylic oxidation sites excluding steroid dienone is 1. The maximum atomic E-state index is 14.1. The van der Waals surface area contributed by atoms with Crippen molar-refractivity contribution in [3.63, 3.8) is 0 Å². The fourth-order valence-corrected chi connectivity index (χ4v) is 4.46. The van der Waals surface area contributed by atoms with Gasteiger partial charge in [0.15, 0.2) is 11.6 Å². The summed E-state index contributed by atoms with van der Waals surface area (Å²) in [6, 6.07) is 11.0.